The third-order valence-electron chi connectivity index (χ3n) is 5.63. The molecule has 1 aliphatic rings. The molecule has 3 heterocycles. The Balaban J connectivity index is 1.46. The van der Waals surface area contributed by atoms with E-state index in [9.17, 15) is 8.42 Å². The fraction of sp³-hybridized carbons (Fsp3) is 0.500. The number of aromatic nitrogens is 5. The summed E-state index contributed by atoms with van der Waals surface area (Å²) in [6.07, 6.45) is 5.08. The lowest BCUT2D eigenvalue weighted by molar-refractivity contribution is 0.282. The summed E-state index contributed by atoms with van der Waals surface area (Å²) in [7, 11) is 0.458. The van der Waals surface area contributed by atoms with Crippen LogP contribution in [-0.2, 0) is 16.9 Å². The van der Waals surface area contributed by atoms with Gasteiger partial charge in [-0.15, -0.1) is 0 Å². The smallest absolute Gasteiger partial charge is 0.182 e. The van der Waals surface area contributed by atoms with Crippen LogP contribution in [0.2, 0.25) is 0 Å². The van der Waals surface area contributed by atoms with Crippen LogP contribution >= 0.6 is 0 Å². The quantitative estimate of drug-likeness (QED) is 0.718. The number of rotatable bonds is 5. The van der Waals surface area contributed by atoms with Crippen molar-refractivity contribution in [2.45, 2.75) is 37.6 Å². The van der Waals surface area contributed by atoms with Gasteiger partial charge in [0.2, 0.25) is 0 Å². The van der Waals surface area contributed by atoms with Crippen LogP contribution in [0.25, 0.3) is 11.0 Å². The van der Waals surface area contributed by atoms with Crippen LogP contribution in [0.1, 0.15) is 24.2 Å². The molecule has 8 nitrogen and oxygen atoms in total. The normalized spacial score (nSPS) is 20.0. The molecule has 1 aliphatic carbocycles. The Morgan fingerprint density at radius 2 is 2.04 bits per heavy atom. The van der Waals surface area contributed by atoms with E-state index in [1.165, 1.54) is 0 Å². The van der Waals surface area contributed by atoms with Gasteiger partial charge in [0.05, 0.1) is 22.5 Å². The van der Waals surface area contributed by atoms with Gasteiger partial charge in [-0.2, -0.15) is 5.10 Å². The number of nitrogens with one attached hydrogen (secondary N) is 1. The van der Waals surface area contributed by atoms with Gasteiger partial charge in [0.25, 0.3) is 0 Å². The van der Waals surface area contributed by atoms with Crippen molar-refractivity contribution >= 4 is 26.7 Å². The van der Waals surface area contributed by atoms with Gasteiger partial charge in [0, 0.05) is 26.3 Å². The lowest BCUT2D eigenvalue weighted by Gasteiger charge is -2.41. The highest BCUT2D eigenvalue weighted by Crippen LogP contribution is 2.37. The summed E-state index contributed by atoms with van der Waals surface area (Å²) in [6, 6.07) is 2.25. The van der Waals surface area contributed by atoms with E-state index in [1.54, 1.807) is 25.0 Å². The molecule has 0 bridgehead atoms. The van der Waals surface area contributed by atoms with Gasteiger partial charge in [0.1, 0.15) is 22.7 Å². The molecule has 0 amide bonds. The molecule has 0 unspecified atom stereocenters. The molecule has 0 aliphatic heterocycles. The van der Waals surface area contributed by atoms with E-state index in [0.717, 1.165) is 29.7 Å². The van der Waals surface area contributed by atoms with E-state index >= 15 is 0 Å². The van der Waals surface area contributed by atoms with E-state index in [2.05, 4.69) is 25.0 Å². The summed E-state index contributed by atoms with van der Waals surface area (Å²) in [6.45, 7) is 3.57. The van der Waals surface area contributed by atoms with Crippen LogP contribution < -0.4 is 4.90 Å². The molecule has 0 radical (unpaired) electrons. The second-order valence-electron chi connectivity index (χ2n) is 7.44. The second kappa shape index (κ2) is 6.33. The SMILES string of the molecule is Cc1nn(C)c(C)c1S(=O)(=O)CC1CC(N(C)c2ncnc3[nH]ccc23)C1. The molecule has 9 heteroatoms. The third-order valence-corrected chi connectivity index (χ3v) is 7.76. The van der Waals surface area contributed by atoms with Gasteiger partial charge < -0.3 is 9.88 Å². The molecule has 0 atom stereocenters. The molecule has 1 fully saturated rings. The molecule has 144 valence electrons. The number of nitrogens with zero attached hydrogens (tertiary/aromatic N) is 5. The number of anilines is 1. The minimum absolute atomic E-state index is 0.157. The average Bonchev–Trinajstić information content (AvgIpc) is 3.14. The second-order valence-corrected chi connectivity index (χ2v) is 9.42. The topological polar surface area (TPSA) is 96.8 Å². The summed E-state index contributed by atoms with van der Waals surface area (Å²) >= 11 is 0. The van der Waals surface area contributed by atoms with Gasteiger partial charge >= 0.3 is 0 Å². The number of H-pyrrole nitrogens is 1. The molecular weight excluding hydrogens is 364 g/mol. The lowest BCUT2D eigenvalue weighted by atomic mass is 9.81. The summed E-state index contributed by atoms with van der Waals surface area (Å²) in [5.41, 5.74) is 2.10. The first-order chi connectivity index (χ1) is 12.8. The van der Waals surface area contributed by atoms with Crippen LogP contribution in [0.3, 0.4) is 0 Å². The van der Waals surface area contributed by atoms with E-state index in [-0.39, 0.29) is 17.7 Å². The Morgan fingerprint density at radius 3 is 2.70 bits per heavy atom. The Hall–Kier alpha value is -2.42. The number of sulfone groups is 1. The van der Waals surface area contributed by atoms with Gasteiger partial charge in [-0.05, 0) is 38.7 Å². The van der Waals surface area contributed by atoms with Crippen LogP contribution in [0.5, 0.6) is 0 Å². The number of hydrogen-bond acceptors (Lipinski definition) is 6. The zero-order valence-corrected chi connectivity index (χ0v) is 16.8. The van der Waals surface area contributed by atoms with E-state index in [4.69, 9.17) is 0 Å². The van der Waals surface area contributed by atoms with Crippen molar-refractivity contribution in [3.05, 3.63) is 30.0 Å². The predicted molar refractivity (Wildman–Crippen MR) is 104 cm³/mol. The van der Waals surface area contributed by atoms with Crippen molar-refractivity contribution < 1.29 is 8.42 Å². The Bertz CT molecular complexity index is 1090. The molecule has 3 aromatic heterocycles. The van der Waals surface area contributed by atoms with E-state index in [1.807, 2.05) is 26.2 Å². The number of aromatic amines is 1. The molecule has 4 rings (SSSR count). The maximum Gasteiger partial charge on any atom is 0.182 e. The van der Waals surface area contributed by atoms with Crippen molar-refractivity contribution in [1.82, 2.24) is 24.7 Å². The fourth-order valence-electron chi connectivity index (χ4n) is 4.06. The first-order valence-electron chi connectivity index (χ1n) is 9.02. The first-order valence-corrected chi connectivity index (χ1v) is 10.7. The maximum atomic E-state index is 12.9. The van der Waals surface area contributed by atoms with Crippen molar-refractivity contribution in [2.24, 2.45) is 13.0 Å². The minimum atomic E-state index is -3.33. The van der Waals surface area contributed by atoms with Crippen molar-refractivity contribution in [3.8, 4) is 0 Å². The van der Waals surface area contributed by atoms with Crippen molar-refractivity contribution in [2.75, 3.05) is 17.7 Å². The summed E-state index contributed by atoms with van der Waals surface area (Å²) in [4.78, 5) is 14.3. The average molecular weight is 388 g/mol. The molecule has 1 saturated carbocycles. The summed E-state index contributed by atoms with van der Waals surface area (Å²) in [5.74, 6) is 1.21. The zero-order chi connectivity index (χ0) is 19.3. The van der Waals surface area contributed by atoms with Gasteiger partial charge in [0.15, 0.2) is 9.84 Å². The molecular formula is C18H24N6O2S. The standard InChI is InChI=1S/C18H24N6O2S/c1-11-16(12(2)24(4)22-11)27(25,26)9-13-7-14(8-13)23(3)18-15-5-6-19-17(15)20-10-21-18/h5-6,10,13-14H,7-9H2,1-4H3,(H,19,20,21). The lowest BCUT2D eigenvalue weighted by Crippen LogP contribution is -2.45. The van der Waals surface area contributed by atoms with Crippen molar-refractivity contribution in [3.63, 3.8) is 0 Å². The van der Waals surface area contributed by atoms with Crippen molar-refractivity contribution in [1.29, 1.82) is 0 Å². The van der Waals surface area contributed by atoms with E-state index < -0.39 is 9.84 Å². The highest BCUT2D eigenvalue weighted by molar-refractivity contribution is 7.91. The molecule has 3 aromatic rings. The maximum absolute atomic E-state index is 12.9. The molecule has 0 spiro atoms. The number of hydrogen-bond donors (Lipinski definition) is 1. The minimum Gasteiger partial charge on any atom is -0.356 e. The molecule has 27 heavy (non-hydrogen) atoms. The molecule has 0 saturated heterocycles. The zero-order valence-electron chi connectivity index (χ0n) is 16.0. The highest BCUT2D eigenvalue weighted by Gasteiger charge is 2.37. The van der Waals surface area contributed by atoms with Crippen LogP contribution in [0.4, 0.5) is 5.82 Å². The molecule has 0 aromatic carbocycles. The fourth-order valence-corrected chi connectivity index (χ4v) is 6.20. The van der Waals surface area contributed by atoms with Gasteiger partial charge in [-0.3, -0.25) is 4.68 Å². The Kier molecular flexibility index (Phi) is 4.21. The first kappa shape index (κ1) is 18.0. The number of aryl methyl sites for hydroxylation is 2. The predicted octanol–water partition coefficient (Wildman–Crippen LogP) is 2.00. The Labute approximate surface area is 158 Å². The Morgan fingerprint density at radius 1 is 1.30 bits per heavy atom. The monoisotopic (exact) mass is 388 g/mol. The van der Waals surface area contributed by atoms with Gasteiger partial charge in [-0.1, -0.05) is 0 Å². The highest BCUT2D eigenvalue weighted by atomic mass is 32.2. The van der Waals surface area contributed by atoms with Crippen LogP contribution in [0.15, 0.2) is 23.5 Å². The van der Waals surface area contributed by atoms with E-state index in [0.29, 0.717) is 16.3 Å². The number of fused-ring (bicyclic) bond motifs is 1. The van der Waals surface area contributed by atoms with Crippen LogP contribution in [-0.4, -0.2) is 52.0 Å². The summed E-state index contributed by atoms with van der Waals surface area (Å²) < 4.78 is 27.4. The molecule has 1 N–H and O–H groups in total. The third kappa shape index (κ3) is 2.99. The van der Waals surface area contributed by atoms with Crippen LogP contribution in [0, 0.1) is 19.8 Å². The summed E-state index contributed by atoms with van der Waals surface area (Å²) in [5, 5.41) is 5.23. The largest absolute Gasteiger partial charge is 0.356 e. The van der Waals surface area contributed by atoms with Gasteiger partial charge in [-0.25, -0.2) is 18.4 Å².